The molecule has 1 aromatic carbocycles. The summed E-state index contributed by atoms with van der Waals surface area (Å²) >= 11 is 4.85. The standard InChI is InChI=1S/C14H15N3O3S/c1-8-6-11(18)13(14(15)21)16-17(8)10-5-4-9(19-2)7-12(10)20-3/h4-7H,1-3H3,(H2,15,21). The second-order valence-corrected chi connectivity index (χ2v) is 4.75. The third kappa shape index (κ3) is 2.87. The molecule has 0 saturated heterocycles. The number of hydrogen-bond acceptors (Lipinski definition) is 5. The Morgan fingerprint density at radius 3 is 2.57 bits per heavy atom. The van der Waals surface area contributed by atoms with Gasteiger partial charge in [-0.25, -0.2) is 4.68 Å². The first-order chi connectivity index (χ1) is 9.97. The highest BCUT2D eigenvalue weighted by molar-refractivity contribution is 7.80. The van der Waals surface area contributed by atoms with Gasteiger partial charge in [0.15, 0.2) is 5.69 Å². The zero-order chi connectivity index (χ0) is 15.6. The van der Waals surface area contributed by atoms with Crippen LogP contribution in [-0.4, -0.2) is 29.0 Å². The third-order valence-corrected chi connectivity index (χ3v) is 3.15. The summed E-state index contributed by atoms with van der Waals surface area (Å²) in [6.07, 6.45) is 0. The molecule has 0 atom stereocenters. The second-order valence-electron chi connectivity index (χ2n) is 4.31. The minimum absolute atomic E-state index is 0.0405. The lowest BCUT2D eigenvalue weighted by atomic mass is 10.2. The lowest BCUT2D eigenvalue weighted by Gasteiger charge is -2.15. The zero-order valence-electron chi connectivity index (χ0n) is 11.9. The predicted molar refractivity (Wildman–Crippen MR) is 83.6 cm³/mol. The molecular weight excluding hydrogens is 290 g/mol. The van der Waals surface area contributed by atoms with Crippen LogP contribution >= 0.6 is 12.2 Å². The normalized spacial score (nSPS) is 10.2. The highest BCUT2D eigenvalue weighted by Gasteiger charge is 2.13. The number of methoxy groups -OCH3 is 2. The van der Waals surface area contributed by atoms with E-state index < -0.39 is 0 Å². The van der Waals surface area contributed by atoms with Crippen molar-refractivity contribution in [1.29, 1.82) is 0 Å². The van der Waals surface area contributed by atoms with Crippen LogP contribution in [0.25, 0.3) is 5.69 Å². The zero-order valence-corrected chi connectivity index (χ0v) is 12.7. The van der Waals surface area contributed by atoms with Gasteiger partial charge in [0.05, 0.1) is 14.2 Å². The lowest BCUT2D eigenvalue weighted by molar-refractivity contribution is 0.392. The van der Waals surface area contributed by atoms with Crippen molar-refractivity contribution in [3.05, 3.63) is 45.9 Å². The minimum Gasteiger partial charge on any atom is -0.497 e. The highest BCUT2D eigenvalue weighted by Crippen LogP contribution is 2.27. The van der Waals surface area contributed by atoms with Gasteiger partial charge in [-0.1, -0.05) is 12.2 Å². The Bertz CT molecular complexity index is 756. The molecular formula is C14H15N3O3S. The molecule has 2 N–H and O–H groups in total. The molecule has 0 saturated carbocycles. The molecule has 0 aliphatic rings. The van der Waals surface area contributed by atoms with Crippen molar-refractivity contribution in [2.75, 3.05) is 14.2 Å². The van der Waals surface area contributed by atoms with E-state index in [-0.39, 0.29) is 16.1 Å². The van der Waals surface area contributed by atoms with Gasteiger partial charge in [-0.3, -0.25) is 4.79 Å². The van der Waals surface area contributed by atoms with Gasteiger partial charge in [0, 0.05) is 17.8 Å². The highest BCUT2D eigenvalue weighted by atomic mass is 32.1. The maximum atomic E-state index is 11.8. The fourth-order valence-electron chi connectivity index (χ4n) is 1.92. The number of ether oxygens (including phenoxy) is 2. The Hall–Kier alpha value is -2.41. The van der Waals surface area contributed by atoms with E-state index in [9.17, 15) is 4.79 Å². The van der Waals surface area contributed by atoms with Crippen LogP contribution in [0.4, 0.5) is 0 Å². The summed E-state index contributed by atoms with van der Waals surface area (Å²) < 4.78 is 12.1. The Labute approximate surface area is 127 Å². The van der Waals surface area contributed by atoms with E-state index in [1.165, 1.54) is 6.07 Å². The second kappa shape index (κ2) is 5.92. The van der Waals surface area contributed by atoms with E-state index in [2.05, 4.69) is 5.10 Å². The van der Waals surface area contributed by atoms with Crippen molar-refractivity contribution >= 4 is 17.2 Å². The molecule has 0 amide bonds. The molecule has 1 heterocycles. The first-order valence-corrected chi connectivity index (χ1v) is 6.52. The molecule has 0 bridgehead atoms. The number of aryl methyl sites for hydroxylation is 1. The summed E-state index contributed by atoms with van der Waals surface area (Å²) in [7, 11) is 3.12. The van der Waals surface area contributed by atoms with E-state index in [0.717, 1.165) is 0 Å². The van der Waals surface area contributed by atoms with Crippen molar-refractivity contribution in [2.24, 2.45) is 5.73 Å². The van der Waals surface area contributed by atoms with E-state index in [0.29, 0.717) is 22.9 Å². The van der Waals surface area contributed by atoms with Crippen LogP contribution in [0.2, 0.25) is 0 Å². The number of rotatable bonds is 4. The van der Waals surface area contributed by atoms with Crippen molar-refractivity contribution in [3.8, 4) is 17.2 Å². The molecule has 6 nitrogen and oxygen atoms in total. The Balaban J connectivity index is 2.69. The largest absolute Gasteiger partial charge is 0.497 e. The van der Waals surface area contributed by atoms with Crippen LogP contribution in [0.3, 0.4) is 0 Å². The molecule has 0 fully saturated rings. The van der Waals surface area contributed by atoms with Gasteiger partial charge in [-0.05, 0) is 19.1 Å². The van der Waals surface area contributed by atoms with Crippen molar-refractivity contribution in [2.45, 2.75) is 6.92 Å². The van der Waals surface area contributed by atoms with Gasteiger partial charge in [0.25, 0.3) is 0 Å². The van der Waals surface area contributed by atoms with Crippen molar-refractivity contribution < 1.29 is 9.47 Å². The number of thiocarbonyl (C=S) groups is 1. The summed E-state index contributed by atoms with van der Waals surface area (Å²) in [6.45, 7) is 1.77. The number of hydrogen-bond donors (Lipinski definition) is 1. The smallest absolute Gasteiger partial charge is 0.210 e. The Kier molecular flexibility index (Phi) is 4.23. The fourth-order valence-corrected chi connectivity index (χ4v) is 2.06. The number of aromatic nitrogens is 2. The van der Waals surface area contributed by atoms with E-state index in [1.807, 2.05) is 0 Å². The average Bonchev–Trinajstić information content (AvgIpc) is 2.46. The van der Waals surface area contributed by atoms with Crippen molar-refractivity contribution in [1.82, 2.24) is 9.78 Å². The van der Waals surface area contributed by atoms with Gasteiger partial charge in [0.2, 0.25) is 5.43 Å². The number of benzene rings is 1. The lowest BCUT2D eigenvalue weighted by Crippen LogP contribution is -2.26. The van der Waals surface area contributed by atoms with Crippen LogP contribution < -0.4 is 20.6 Å². The monoisotopic (exact) mass is 305 g/mol. The van der Waals surface area contributed by atoms with Gasteiger partial charge < -0.3 is 15.2 Å². The Morgan fingerprint density at radius 1 is 1.29 bits per heavy atom. The Morgan fingerprint density at radius 2 is 2.00 bits per heavy atom. The summed E-state index contributed by atoms with van der Waals surface area (Å²) in [5, 5.41) is 4.22. The maximum absolute atomic E-state index is 11.8. The number of nitrogens with zero attached hydrogens (tertiary/aromatic N) is 2. The third-order valence-electron chi connectivity index (χ3n) is 2.96. The molecule has 2 rings (SSSR count). The minimum atomic E-state index is -0.302. The predicted octanol–water partition coefficient (Wildman–Crippen LogP) is 1.19. The summed E-state index contributed by atoms with van der Waals surface area (Å²) in [5.41, 5.74) is 6.58. The average molecular weight is 305 g/mol. The molecule has 0 spiro atoms. The maximum Gasteiger partial charge on any atom is 0.210 e. The van der Waals surface area contributed by atoms with E-state index in [4.69, 9.17) is 27.4 Å². The molecule has 7 heteroatoms. The van der Waals surface area contributed by atoms with Crippen LogP contribution in [-0.2, 0) is 0 Å². The summed E-state index contributed by atoms with van der Waals surface area (Å²) in [4.78, 5) is 11.8. The van der Waals surface area contributed by atoms with Crippen LogP contribution in [0.1, 0.15) is 11.4 Å². The van der Waals surface area contributed by atoms with Gasteiger partial charge in [-0.15, -0.1) is 0 Å². The van der Waals surface area contributed by atoms with E-state index >= 15 is 0 Å². The SMILES string of the molecule is COc1ccc(-n2nc(C(N)=S)c(=O)cc2C)c(OC)c1. The molecule has 1 aromatic heterocycles. The summed E-state index contributed by atoms with van der Waals surface area (Å²) in [5.74, 6) is 1.21. The van der Waals surface area contributed by atoms with E-state index in [1.54, 1.807) is 44.0 Å². The van der Waals surface area contributed by atoms with Crippen LogP contribution in [0.15, 0.2) is 29.1 Å². The number of nitrogens with two attached hydrogens (primary N) is 1. The molecule has 110 valence electrons. The van der Waals surface area contributed by atoms with Crippen LogP contribution in [0.5, 0.6) is 11.5 Å². The molecule has 0 radical (unpaired) electrons. The molecule has 0 aliphatic carbocycles. The molecule has 0 aliphatic heterocycles. The molecule has 21 heavy (non-hydrogen) atoms. The first-order valence-electron chi connectivity index (χ1n) is 6.11. The van der Waals surface area contributed by atoms with Crippen LogP contribution in [0, 0.1) is 6.92 Å². The fraction of sp³-hybridized carbons (Fsp3) is 0.214. The first kappa shape index (κ1) is 15.0. The van der Waals surface area contributed by atoms with Gasteiger partial charge >= 0.3 is 0 Å². The van der Waals surface area contributed by atoms with Gasteiger partial charge in [0.1, 0.15) is 22.2 Å². The summed E-state index contributed by atoms with van der Waals surface area (Å²) in [6, 6.07) is 6.73. The molecule has 2 aromatic rings. The van der Waals surface area contributed by atoms with Crippen molar-refractivity contribution in [3.63, 3.8) is 0 Å². The quantitative estimate of drug-likeness (QED) is 0.855. The molecule has 0 unspecified atom stereocenters. The van der Waals surface area contributed by atoms with Gasteiger partial charge in [-0.2, -0.15) is 5.10 Å². The topological polar surface area (TPSA) is 79.4 Å².